The lowest BCUT2D eigenvalue weighted by Gasteiger charge is -2.06. The standard InChI is InChI=1S/C18H17NO3S/c20-16(17-7-4-8-22-17)9-13(23)11-19-18(21)15-10-14(15)12-5-2-1-3-6-12/h1-8,14-15H,9-11H2,(H,19,21)/t14-,15?/m0/s1. The van der Waals surface area contributed by atoms with Crippen molar-refractivity contribution in [3.05, 3.63) is 60.1 Å². The Morgan fingerprint density at radius 1 is 1.17 bits per heavy atom. The minimum absolute atomic E-state index is 0.00616. The summed E-state index contributed by atoms with van der Waals surface area (Å²) in [5.74, 6) is 0.454. The van der Waals surface area contributed by atoms with Crippen LogP contribution in [0.1, 0.15) is 34.9 Å². The molecule has 1 fully saturated rings. The van der Waals surface area contributed by atoms with E-state index in [0.717, 1.165) is 6.42 Å². The van der Waals surface area contributed by atoms with Gasteiger partial charge in [-0.3, -0.25) is 9.59 Å². The third-order valence-corrected chi connectivity index (χ3v) is 4.26. The molecule has 3 rings (SSSR count). The van der Waals surface area contributed by atoms with E-state index >= 15 is 0 Å². The molecule has 1 amide bonds. The smallest absolute Gasteiger partial charge is 0.224 e. The first-order chi connectivity index (χ1) is 11.1. The van der Waals surface area contributed by atoms with Crippen molar-refractivity contribution in [2.75, 3.05) is 6.54 Å². The van der Waals surface area contributed by atoms with E-state index in [1.165, 1.54) is 11.8 Å². The summed E-state index contributed by atoms with van der Waals surface area (Å²) in [6, 6.07) is 13.3. The van der Waals surface area contributed by atoms with Crippen LogP contribution in [-0.2, 0) is 4.79 Å². The van der Waals surface area contributed by atoms with Gasteiger partial charge in [0, 0.05) is 23.7 Å². The predicted molar refractivity (Wildman–Crippen MR) is 90.6 cm³/mol. The Morgan fingerprint density at radius 3 is 2.65 bits per heavy atom. The Hall–Kier alpha value is -2.27. The van der Waals surface area contributed by atoms with Crippen molar-refractivity contribution in [3.8, 4) is 0 Å². The first kappa shape index (κ1) is 15.6. The molecule has 1 N–H and O–H groups in total. The second-order valence-corrected chi connectivity index (χ2v) is 6.27. The maximum absolute atomic E-state index is 12.1. The molecule has 2 aromatic rings. The van der Waals surface area contributed by atoms with Gasteiger partial charge in [-0.15, -0.1) is 0 Å². The highest BCUT2D eigenvalue weighted by Gasteiger charge is 2.43. The fourth-order valence-electron chi connectivity index (χ4n) is 2.64. The van der Waals surface area contributed by atoms with Gasteiger partial charge in [-0.25, -0.2) is 0 Å². The molecule has 23 heavy (non-hydrogen) atoms. The van der Waals surface area contributed by atoms with Gasteiger partial charge in [0.1, 0.15) is 0 Å². The van der Waals surface area contributed by atoms with Crippen LogP contribution in [-0.4, -0.2) is 23.1 Å². The first-order valence-electron chi connectivity index (χ1n) is 7.56. The molecule has 1 saturated carbocycles. The van der Waals surface area contributed by atoms with Gasteiger partial charge >= 0.3 is 0 Å². The molecule has 0 spiro atoms. The van der Waals surface area contributed by atoms with Gasteiger partial charge in [0.15, 0.2) is 5.76 Å². The lowest BCUT2D eigenvalue weighted by atomic mass is 10.1. The molecule has 1 aliphatic rings. The quantitative estimate of drug-likeness (QED) is 0.627. The van der Waals surface area contributed by atoms with E-state index in [4.69, 9.17) is 16.6 Å². The van der Waals surface area contributed by atoms with Gasteiger partial charge in [-0.05, 0) is 30.0 Å². The molecule has 0 saturated heterocycles. The van der Waals surface area contributed by atoms with E-state index in [2.05, 4.69) is 5.32 Å². The molecular formula is C18H17NO3S. The molecule has 1 aliphatic carbocycles. The Labute approximate surface area is 139 Å². The normalized spacial score (nSPS) is 19.1. The Bertz CT molecular complexity index is 709. The van der Waals surface area contributed by atoms with E-state index in [0.29, 0.717) is 16.5 Å². The van der Waals surface area contributed by atoms with E-state index < -0.39 is 0 Å². The number of rotatable bonds is 7. The van der Waals surface area contributed by atoms with Crippen LogP contribution in [0.25, 0.3) is 0 Å². The maximum atomic E-state index is 12.1. The van der Waals surface area contributed by atoms with Crippen molar-refractivity contribution < 1.29 is 14.0 Å². The molecule has 2 atom stereocenters. The summed E-state index contributed by atoms with van der Waals surface area (Å²) < 4.78 is 5.04. The van der Waals surface area contributed by atoms with Gasteiger partial charge in [-0.1, -0.05) is 42.5 Å². The predicted octanol–water partition coefficient (Wildman–Crippen LogP) is 3.14. The summed E-state index contributed by atoms with van der Waals surface area (Å²) in [5.41, 5.74) is 1.20. The van der Waals surface area contributed by atoms with Crippen LogP contribution in [0, 0.1) is 5.92 Å². The van der Waals surface area contributed by atoms with Crippen LogP contribution >= 0.6 is 12.2 Å². The molecule has 4 nitrogen and oxygen atoms in total. The summed E-state index contributed by atoms with van der Waals surface area (Å²) in [4.78, 5) is 24.5. The molecule has 1 aromatic carbocycles. The molecule has 5 heteroatoms. The highest BCUT2D eigenvalue weighted by atomic mass is 32.1. The fourth-order valence-corrected chi connectivity index (χ4v) is 2.84. The SMILES string of the molecule is O=C(CC(=S)CNC(=O)C1C[C@H]1c1ccccc1)c1ccco1. The summed E-state index contributed by atoms with van der Waals surface area (Å²) in [7, 11) is 0. The Morgan fingerprint density at radius 2 is 1.96 bits per heavy atom. The number of nitrogens with one attached hydrogen (secondary N) is 1. The molecule has 1 heterocycles. The summed E-state index contributed by atoms with van der Waals surface area (Å²) in [6.07, 6.45) is 2.43. The number of Topliss-reactive ketones (excluding diaryl/α,β-unsaturated/α-hetero) is 1. The molecule has 0 bridgehead atoms. The Balaban J connectivity index is 1.43. The summed E-state index contributed by atoms with van der Waals surface area (Å²) >= 11 is 5.18. The van der Waals surface area contributed by atoms with Crippen molar-refractivity contribution >= 4 is 28.8 Å². The average Bonchev–Trinajstić information content (AvgIpc) is 3.18. The number of ketones is 1. The molecular weight excluding hydrogens is 310 g/mol. The molecule has 1 aromatic heterocycles. The van der Waals surface area contributed by atoms with Crippen LogP contribution in [0.5, 0.6) is 0 Å². The molecule has 0 aliphatic heterocycles. The van der Waals surface area contributed by atoms with E-state index in [1.54, 1.807) is 12.1 Å². The van der Waals surface area contributed by atoms with Gasteiger partial charge in [0.25, 0.3) is 0 Å². The van der Waals surface area contributed by atoms with Crippen molar-refractivity contribution in [3.63, 3.8) is 0 Å². The highest BCUT2D eigenvalue weighted by molar-refractivity contribution is 7.80. The van der Waals surface area contributed by atoms with Crippen molar-refractivity contribution in [2.24, 2.45) is 5.92 Å². The van der Waals surface area contributed by atoms with Crippen molar-refractivity contribution in [2.45, 2.75) is 18.8 Å². The number of hydrogen-bond acceptors (Lipinski definition) is 4. The zero-order chi connectivity index (χ0) is 16.2. The largest absolute Gasteiger partial charge is 0.461 e. The number of carbonyl (C=O) groups is 2. The van der Waals surface area contributed by atoms with Crippen LogP contribution in [0.3, 0.4) is 0 Å². The summed E-state index contributed by atoms with van der Waals surface area (Å²) in [6.45, 7) is 0.249. The topological polar surface area (TPSA) is 59.3 Å². The van der Waals surface area contributed by atoms with Gasteiger partial charge in [0.2, 0.25) is 11.7 Å². The molecule has 1 unspecified atom stereocenters. The van der Waals surface area contributed by atoms with E-state index in [9.17, 15) is 9.59 Å². The lowest BCUT2D eigenvalue weighted by molar-refractivity contribution is -0.122. The minimum Gasteiger partial charge on any atom is -0.461 e. The third kappa shape index (κ3) is 3.93. The highest BCUT2D eigenvalue weighted by Crippen LogP contribution is 2.47. The average molecular weight is 327 g/mol. The number of thiocarbonyl (C=S) groups is 1. The lowest BCUT2D eigenvalue weighted by Crippen LogP contribution is -2.31. The fraction of sp³-hybridized carbons (Fsp3) is 0.278. The van der Waals surface area contributed by atoms with Gasteiger partial charge in [-0.2, -0.15) is 0 Å². The molecule has 0 radical (unpaired) electrons. The number of benzene rings is 1. The van der Waals surface area contributed by atoms with Crippen LogP contribution in [0.15, 0.2) is 53.1 Å². The second-order valence-electron chi connectivity index (χ2n) is 5.69. The number of amides is 1. The van der Waals surface area contributed by atoms with Gasteiger partial charge < -0.3 is 9.73 Å². The number of carbonyl (C=O) groups excluding carboxylic acids is 2. The molecule has 118 valence electrons. The minimum atomic E-state index is -0.164. The number of furan rings is 1. The van der Waals surface area contributed by atoms with Crippen LogP contribution in [0.4, 0.5) is 0 Å². The van der Waals surface area contributed by atoms with Crippen molar-refractivity contribution in [1.82, 2.24) is 5.32 Å². The van der Waals surface area contributed by atoms with E-state index in [1.807, 2.05) is 30.3 Å². The monoisotopic (exact) mass is 327 g/mol. The van der Waals surface area contributed by atoms with E-state index in [-0.39, 0.29) is 30.6 Å². The first-order valence-corrected chi connectivity index (χ1v) is 7.97. The summed E-state index contributed by atoms with van der Waals surface area (Å²) in [5, 5.41) is 2.83. The van der Waals surface area contributed by atoms with Crippen LogP contribution in [0.2, 0.25) is 0 Å². The maximum Gasteiger partial charge on any atom is 0.224 e. The van der Waals surface area contributed by atoms with Crippen molar-refractivity contribution in [1.29, 1.82) is 0 Å². The number of hydrogen-bond donors (Lipinski definition) is 1. The van der Waals surface area contributed by atoms with Crippen LogP contribution < -0.4 is 5.32 Å². The zero-order valence-corrected chi connectivity index (χ0v) is 13.3. The zero-order valence-electron chi connectivity index (χ0n) is 12.5. The van der Waals surface area contributed by atoms with Gasteiger partial charge in [0.05, 0.1) is 6.26 Å². The third-order valence-electron chi connectivity index (χ3n) is 3.97. The Kier molecular flexibility index (Phi) is 4.67. The second kappa shape index (κ2) is 6.87.